The van der Waals surface area contributed by atoms with Crippen molar-refractivity contribution in [2.24, 2.45) is 0 Å². The Morgan fingerprint density at radius 2 is 2.06 bits per heavy atom. The van der Waals surface area contributed by atoms with Crippen LogP contribution >= 0.6 is 0 Å². The zero-order valence-electron chi connectivity index (χ0n) is 10.3. The van der Waals surface area contributed by atoms with Crippen LogP contribution in [-0.2, 0) is 6.54 Å². The fourth-order valence-corrected chi connectivity index (χ4v) is 1.57. The summed E-state index contributed by atoms with van der Waals surface area (Å²) < 4.78 is 7.40. The van der Waals surface area contributed by atoms with E-state index in [-0.39, 0.29) is 0 Å². The number of rotatable bonds is 8. The van der Waals surface area contributed by atoms with E-state index >= 15 is 0 Å². The van der Waals surface area contributed by atoms with Crippen LogP contribution in [0.25, 0.3) is 0 Å². The van der Waals surface area contributed by atoms with Crippen LogP contribution in [0.5, 0.6) is 5.75 Å². The van der Waals surface area contributed by atoms with Crippen molar-refractivity contribution >= 4 is 0 Å². The summed E-state index contributed by atoms with van der Waals surface area (Å²) in [5.41, 5.74) is 0. The molecule has 2 rings (SSSR count). The standard InChI is InChI=1S/C13H18N4O/c1-2-5-13(6-3-1)18-12-4-7-14-8-10-17-11-9-15-16-17/h1-3,5-6,9,11,14H,4,7-8,10,12H2. The molecule has 0 saturated carbocycles. The lowest BCUT2D eigenvalue weighted by atomic mass is 10.3. The van der Waals surface area contributed by atoms with E-state index in [1.807, 2.05) is 41.2 Å². The molecule has 0 aliphatic rings. The number of ether oxygens (including phenoxy) is 1. The summed E-state index contributed by atoms with van der Waals surface area (Å²) >= 11 is 0. The van der Waals surface area contributed by atoms with Crippen molar-refractivity contribution in [3.05, 3.63) is 42.7 Å². The Kier molecular flexibility index (Phi) is 5.20. The lowest BCUT2D eigenvalue weighted by Crippen LogP contribution is -2.22. The van der Waals surface area contributed by atoms with E-state index in [0.29, 0.717) is 0 Å². The minimum absolute atomic E-state index is 0.736. The van der Waals surface area contributed by atoms with Gasteiger partial charge in [0.05, 0.1) is 19.3 Å². The van der Waals surface area contributed by atoms with Crippen molar-refractivity contribution in [2.45, 2.75) is 13.0 Å². The zero-order valence-corrected chi connectivity index (χ0v) is 10.3. The van der Waals surface area contributed by atoms with Gasteiger partial charge in [-0.1, -0.05) is 23.4 Å². The summed E-state index contributed by atoms with van der Waals surface area (Å²) in [5, 5.41) is 11.0. The third-order valence-electron chi connectivity index (χ3n) is 2.50. The second kappa shape index (κ2) is 7.45. The number of hydrogen-bond acceptors (Lipinski definition) is 4. The normalized spacial score (nSPS) is 10.4. The van der Waals surface area contributed by atoms with Crippen molar-refractivity contribution in [2.75, 3.05) is 19.7 Å². The molecule has 1 aromatic carbocycles. The molecule has 0 saturated heterocycles. The maximum atomic E-state index is 5.59. The van der Waals surface area contributed by atoms with Gasteiger partial charge in [-0.05, 0) is 25.1 Å². The maximum Gasteiger partial charge on any atom is 0.119 e. The van der Waals surface area contributed by atoms with Gasteiger partial charge in [0.1, 0.15) is 5.75 Å². The van der Waals surface area contributed by atoms with Gasteiger partial charge in [-0.15, -0.1) is 5.10 Å². The first-order chi connectivity index (χ1) is 8.95. The molecule has 0 bridgehead atoms. The van der Waals surface area contributed by atoms with Crippen LogP contribution in [0, 0.1) is 0 Å². The van der Waals surface area contributed by atoms with Gasteiger partial charge in [-0.2, -0.15) is 0 Å². The molecule has 2 aromatic rings. The van der Waals surface area contributed by atoms with Gasteiger partial charge in [0.15, 0.2) is 0 Å². The summed E-state index contributed by atoms with van der Waals surface area (Å²) in [6.45, 7) is 3.43. The molecule has 0 amide bonds. The fourth-order valence-electron chi connectivity index (χ4n) is 1.57. The number of nitrogens with zero attached hydrogens (tertiary/aromatic N) is 3. The lowest BCUT2D eigenvalue weighted by Gasteiger charge is -2.07. The maximum absolute atomic E-state index is 5.59. The van der Waals surface area contributed by atoms with Gasteiger partial charge < -0.3 is 10.1 Å². The first kappa shape index (κ1) is 12.6. The summed E-state index contributed by atoms with van der Waals surface area (Å²) in [6.07, 6.45) is 4.54. The van der Waals surface area contributed by atoms with E-state index in [2.05, 4.69) is 15.6 Å². The molecule has 5 nitrogen and oxygen atoms in total. The number of para-hydroxylation sites is 1. The highest BCUT2D eigenvalue weighted by molar-refractivity contribution is 5.20. The van der Waals surface area contributed by atoms with Gasteiger partial charge in [-0.3, -0.25) is 4.68 Å². The van der Waals surface area contributed by atoms with Crippen LogP contribution < -0.4 is 10.1 Å². The van der Waals surface area contributed by atoms with Gasteiger partial charge in [-0.25, -0.2) is 0 Å². The molecule has 0 spiro atoms. The van der Waals surface area contributed by atoms with E-state index in [9.17, 15) is 0 Å². The summed E-state index contributed by atoms with van der Waals surface area (Å²) in [6, 6.07) is 9.88. The molecular formula is C13H18N4O. The van der Waals surface area contributed by atoms with Crippen LogP contribution in [-0.4, -0.2) is 34.7 Å². The smallest absolute Gasteiger partial charge is 0.119 e. The Labute approximate surface area is 107 Å². The van der Waals surface area contributed by atoms with Crippen molar-refractivity contribution in [3.8, 4) is 5.75 Å². The van der Waals surface area contributed by atoms with Crippen molar-refractivity contribution in [3.63, 3.8) is 0 Å². The topological polar surface area (TPSA) is 52.0 Å². The highest BCUT2D eigenvalue weighted by Gasteiger charge is 1.93. The Hall–Kier alpha value is -1.88. The largest absolute Gasteiger partial charge is 0.494 e. The molecule has 96 valence electrons. The molecule has 1 N–H and O–H groups in total. The van der Waals surface area contributed by atoms with Gasteiger partial charge >= 0.3 is 0 Å². The molecule has 1 heterocycles. The monoisotopic (exact) mass is 246 g/mol. The lowest BCUT2D eigenvalue weighted by molar-refractivity contribution is 0.307. The molecule has 18 heavy (non-hydrogen) atoms. The SMILES string of the molecule is c1ccc(OCCCNCCn2ccnn2)cc1. The highest BCUT2D eigenvalue weighted by atomic mass is 16.5. The molecule has 1 aromatic heterocycles. The highest BCUT2D eigenvalue weighted by Crippen LogP contribution is 2.07. The second-order valence-corrected chi connectivity index (χ2v) is 3.93. The van der Waals surface area contributed by atoms with Crippen molar-refractivity contribution in [1.82, 2.24) is 20.3 Å². The number of aromatic nitrogens is 3. The molecular weight excluding hydrogens is 228 g/mol. The van der Waals surface area contributed by atoms with Crippen LogP contribution in [0.3, 0.4) is 0 Å². The van der Waals surface area contributed by atoms with Crippen LogP contribution in [0.1, 0.15) is 6.42 Å². The average Bonchev–Trinajstić information content (AvgIpc) is 2.92. The molecule has 0 aliphatic heterocycles. The number of benzene rings is 1. The Bertz CT molecular complexity index is 416. The predicted octanol–water partition coefficient (Wildman–Crippen LogP) is 1.34. The Balaban J connectivity index is 1.47. The quantitative estimate of drug-likeness (QED) is 0.714. The molecule has 0 atom stereocenters. The van der Waals surface area contributed by atoms with Crippen LogP contribution in [0.2, 0.25) is 0 Å². The van der Waals surface area contributed by atoms with E-state index in [1.165, 1.54) is 0 Å². The van der Waals surface area contributed by atoms with Gasteiger partial charge in [0.25, 0.3) is 0 Å². The van der Waals surface area contributed by atoms with E-state index in [0.717, 1.165) is 38.4 Å². The summed E-state index contributed by atoms with van der Waals surface area (Å²) in [5.74, 6) is 0.931. The first-order valence-corrected chi connectivity index (χ1v) is 6.18. The summed E-state index contributed by atoms with van der Waals surface area (Å²) in [4.78, 5) is 0. The third-order valence-corrected chi connectivity index (χ3v) is 2.50. The van der Waals surface area contributed by atoms with Crippen molar-refractivity contribution in [1.29, 1.82) is 0 Å². The van der Waals surface area contributed by atoms with Crippen LogP contribution in [0.15, 0.2) is 42.7 Å². The summed E-state index contributed by atoms with van der Waals surface area (Å²) in [7, 11) is 0. The minimum atomic E-state index is 0.736. The molecule has 0 radical (unpaired) electrons. The van der Waals surface area contributed by atoms with E-state index < -0.39 is 0 Å². The zero-order chi connectivity index (χ0) is 12.5. The number of nitrogens with one attached hydrogen (secondary N) is 1. The van der Waals surface area contributed by atoms with E-state index in [1.54, 1.807) is 6.20 Å². The minimum Gasteiger partial charge on any atom is -0.494 e. The molecule has 0 aliphatic carbocycles. The second-order valence-electron chi connectivity index (χ2n) is 3.93. The van der Waals surface area contributed by atoms with Crippen molar-refractivity contribution < 1.29 is 4.74 Å². The predicted molar refractivity (Wildman–Crippen MR) is 69.4 cm³/mol. The Morgan fingerprint density at radius 1 is 1.17 bits per heavy atom. The number of hydrogen-bond donors (Lipinski definition) is 1. The molecule has 0 fully saturated rings. The third kappa shape index (κ3) is 4.55. The van der Waals surface area contributed by atoms with E-state index in [4.69, 9.17) is 4.74 Å². The van der Waals surface area contributed by atoms with Gasteiger partial charge in [0, 0.05) is 12.7 Å². The van der Waals surface area contributed by atoms with Crippen LogP contribution in [0.4, 0.5) is 0 Å². The average molecular weight is 246 g/mol. The molecule has 5 heteroatoms. The molecule has 0 unspecified atom stereocenters. The first-order valence-electron chi connectivity index (χ1n) is 6.18. The fraction of sp³-hybridized carbons (Fsp3) is 0.385. The van der Waals surface area contributed by atoms with Gasteiger partial charge in [0.2, 0.25) is 0 Å². The Morgan fingerprint density at radius 3 is 2.83 bits per heavy atom.